The van der Waals surface area contributed by atoms with Gasteiger partial charge in [0.25, 0.3) is 0 Å². The number of sulfonamides is 1. The maximum Gasteiger partial charge on any atom is 0.242 e. The van der Waals surface area contributed by atoms with Gasteiger partial charge in [0, 0.05) is 28.8 Å². The van der Waals surface area contributed by atoms with Crippen LogP contribution in [-0.4, -0.2) is 19.4 Å². The van der Waals surface area contributed by atoms with Crippen molar-refractivity contribution in [3.05, 3.63) is 24.4 Å². The molecule has 1 aromatic carbocycles. The molecule has 4 rings (SSSR count). The van der Waals surface area contributed by atoms with E-state index < -0.39 is 10.0 Å². The first-order valence-electron chi connectivity index (χ1n) is 7.43. The van der Waals surface area contributed by atoms with Crippen LogP contribution in [0.2, 0.25) is 0 Å². The molecule has 0 unspecified atom stereocenters. The van der Waals surface area contributed by atoms with Gasteiger partial charge in [0.15, 0.2) is 0 Å². The van der Waals surface area contributed by atoms with Crippen LogP contribution in [0.15, 0.2) is 29.3 Å². The number of hydrogen-bond donors (Lipinski definition) is 3. The molecule has 112 valence electrons. The lowest BCUT2D eigenvalue weighted by Gasteiger charge is -2.17. The predicted molar refractivity (Wildman–Crippen MR) is 82.3 cm³/mol. The minimum Gasteiger partial charge on any atom is -0.399 e. The molecule has 0 spiro atoms. The molecule has 0 atom stereocenters. The van der Waals surface area contributed by atoms with Crippen LogP contribution in [0, 0.1) is 11.8 Å². The van der Waals surface area contributed by atoms with E-state index in [0.29, 0.717) is 27.8 Å². The second kappa shape index (κ2) is 4.48. The van der Waals surface area contributed by atoms with Gasteiger partial charge in [-0.2, -0.15) is 0 Å². The van der Waals surface area contributed by atoms with Gasteiger partial charge < -0.3 is 10.7 Å². The summed E-state index contributed by atoms with van der Waals surface area (Å²) in [5.74, 6) is 1.07. The monoisotopic (exact) mass is 305 g/mol. The fraction of sp³-hybridized carbons (Fsp3) is 0.467. The molecule has 0 bridgehead atoms. The van der Waals surface area contributed by atoms with Crippen molar-refractivity contribution in [3.63, 3.8) is 0 Å². The van der Waals surface area contributed by atoms with E-state index in [0.717, 1.165) is 31.2 Å². The molecule has 4 N–H and O–H groups in total. The lowest BCUT2D eigenvalue weighted by atomic mass is 10.1. The highest BCUT2D eigenvalue weighted by Gasteiger charge is 2.43. The SMILES string of the molecule is Nc1ccc2c(S(=O)(=O)NC(C3CC3)C3CC3)c[nH]c2c1. The van der Waals surface area contributed by atoms with Crippen LogP contribution in [0.3, 0.4) is 0 Å². The van der Waals surface area contributed by atoms with Crippen LogP contribution >= 0.6 is 0 Å². The van der Waals surface area contributed by atoms with Crippen molar-refractivity contribution in [2.75, 3.05) is 5.73 Å². The average molecular weight is 305 g/mol. The Bertz CT molecular complexity index is 776. The quantitative estimate of drug-likeness (QED) is 0.740. The number of H-pyrrole nitrogens is 1. The molecule has 2 fully saturated rings. The first kappa shape index (κ1) is 13.2. The minimum atomic E-state index is -3.49. The van der Waals surface area contributed by atoms with E-state index in [1.807, 2.05) is 0 Å². The Labute approximate surface area is 124 Å². The summed E-state index contributed by atoms with van der Waals surface area (Å²) in [7, 11) is -3.49. The fourth-order valence-corrected chi connectivity index (χ4v) is 4.62. The van der Waals surface area contributed by atoms with Crippen molar-refractivity contribution >= 4 is 26.6 Å². The number of nitrogen functional groups attached to an aromatic ring is 1. The van der Waals surface area contributed by atoms with Gasteiger partial charge in [0.1, 0.15) is 4.90 Å². The van der Waals surface area contributed by atoms with Crippen molar-refractivity contribution in [1.29, 1.82) is 0 Å². The van der Waals surface area contributed by atoms with Crippen molar-refractivity contribution in [2.45, 2.75) is 36.6 Å². The fourth-order valence-electron chi connectivity index (χ4n) is 3.07. The molecule has 21 heavy (non-hydrogen) atoms. The molecule has 2 aliphatic carbocycles. The molecule has 1 heterocycles. The first-order valence-corrected chi connectivity index (χ1v) is 8.92. The van der Waals surface area contributed by atoms with Gasteiger partial charge >= 0.3 is 0 Å². The summed E-state index contributed by atoms with van der Waals surface area (Å²) >= 11 is 0. The molecule has 2 aliphatic rings. The highest BCUT2D eigenvalue weighted by atomic mass is 32.2. The Morgan fingerprint density at radius 2 is 1.86 bits per heavy atom. The zero-order valence-electron chi connectivity index (χ0n) is 11.7. The Morgan fingerprint density at radius 3 is 2.48 bits per heavy atom. The molecule has 0 radical (unpaired) electrons. The van der Waals surface area contributed by atoms with Gasteiger partial charge in [-0.3, -0.25) is 0 Å². The van der Waals surface area contributed by atoms with Crippen LogP contribution in [0.5, 0.6) is 0 Å². The van der Waals surface area contributed by atoms with Crippen molar-refractivity contribution in [1.82, 2.24) is 9.71 Å². The molecule has 1 aromatic heterocycles. The highest BCUT2D eigenvalue weighted by molar-refractivity contribution is 7.89. The van der Waals surface area contributed by atoms with Gasteiger partial charge in [-0.25, -0.2) is 13.1 Å². The summed E-state index contributed by atoms with van der Waals surface area (Å²) in [6.07, 6.45) is 6.15. The second-order valence-corrected chi connectivity index (χ2v) is 7.96. The summed E-state index contributed by atoms with van der Waals surface area (Å²) in [5, 5.41) is 0.696. The normalized spacial score (nSPS) is 19.5. The molecule has 0 aliphatic heterocycles. The van der Waals surface area contributed by atoms with Crippen molar-refractivity contribution in [3.8, 4) is 0 Å². The van der Waals surface area contributed by atoms with Crippen molar-refractivity contribution in [2.24, 2.45) is 11.8 Å². The number of nitrogens with one attached hydrogen (secondary N) is 2. The number of rotatable bonds is 5. The Kier molecular flexibility index (Phi) is 2.81. The van der Waals surface area contributed by atoms with E-state index in [-0.39, 0.29) is 6.04 Å². The molecule has 6 heteroatoms. The first-order chi connectivity index (χ1) is 10.0. The third-order valence-corrected chi connectivity index (χ3v) is 6.01. The summed E-state index contributed by atoms with van der Waals surface area (Å²) < 4.78 is 28.4. The maximum atomic E-state index is 12.7. The minimum absolute atomic E-state index is 0.119. The Hall–Kier alpha value is -1.53. The van der Waals surface area contributed by atoms with Gasteiger partial charge in [-0.15, -0.1) is 0 Å². The molecule has 0 saturated heterocycles. The third kappa shape index (κ3) is 2.42. The van der Waals surface area contributed by atoms with Gasteiger partial charge in [-0.1, -0.05) is 0 Å². The predicted octanol–water partition coefficient (Wildman–Crippen LogP) is 2.22. The van der Waals surface area contributed by atoms with E-state index in [1.165, 1.54) is 0 Å². The van der Waals surface area contributed by atoms with E-state index in [1.54, 1.807) is 24.4 Å². The number of aromatic amines is 1. The third-order valence-electron chi connectivity index (χ3n) is 4.51. The topological polar surface area (TPSA) is 88.0 Å². The van der Waals surface area contributed by atoms with Crippen molar-refractivity contribution < 1.29 is 8.42 Å². The number of fused-ring (bicyclic) bond motifs is 1. The van der Waals surface area contributed by atoms with Crippen LogP contribution in [0.4, 0.5) is 5.69 Å². The van der Waals surface area contributed by atoms with E-state index >= 15 is 0 Å². The van der Waals surface area contributed by atoms with E-state index in [9.17, 15) is 8.42 Å². The average Bonchev–Trinajstić information content (AvgIpc) is 3.32. The molecule has 2 saturated carbocycles. The van der Waals surface area contributed by atoms with Gasteiger partial charge in [0.2, 0.25) is 10.0 Å². The molecule has 5 nitrogen and oxygen atoms in total. The molecule has 0 amide bonds. The smallest absolute Gasteiger partial charge is 0.242 e. The zero-order chi connectivity index (χ0) is 14.6. The Morgan fingerprint density at radius 1 is 1.19 bits per heavy atom. The van der Waals surface area contributed by atoms with Crippen LogP contribution in [0.25, 0.3) is 10.9 Å². The lowest BCUT2D eigenvalue weighted by molar-refractivity contribution is 0.471. The molecule has 2 aromatic rings. The summed E-state index contributed by atoms with van der Waals surface area (Å²) in [6.45, 7) is 0. The number of benzene rings is 1. The van der Waals surface area contributed by atoms with Crippen LogP contribution in [-0.2, 0) is 10.0 Å². The lowest BCUT2D eigenvalue weighted by Crippen LogP contribution is -2.37. The molecular weight excluding hydrogens is 286 g/mol. The van der Waals surface area contributed by atoms with Gasteiger partial charge in [0.05, 0.1) is 0 Å². The zero-order valence-corrected chi connectivity index (χ0v) is 12.5. The Balaban J connectivity index is 1.69. The number of nitrogens with two attached hydrogens (primary N) is 1. The highest BCUT2D eigenvalue weighted by Crippen LogP contribution is 2.45. The number of aromatic nitrogens is 1. The summed E-state index contributed by atoms with van der Waals surface area (Å²) in [6, 6.07) is 5.37. The number of anilines is 1. The van der Waals surface area contributed by atoms with E-state index in [2.05, 4.69) is 9.71 Å². The van der Waals surface area contributed by atoms with Crippen LogP contribution < -0.4 is 10.5 Å². The van der Waals surface area contributed by atoms with Gasteiger partial charge in [-0.05, 0) is 55.7 Å². The largest absolute Gasteiger partial charge is 0.399 e. The second-order valence-electron chi connectivity index (χ2n) is 6.28. The maximum absolute atomic E-state index is 12.7. The van der Waals surface area contributed by atoms with Crippen LogP contribution in [0.1, 0.15) is 25.7 Å². The number of hydrogen-bond acceptors (Lipinski definition) is 3. The van der Waals surface area contributed by atoms with E-state index in [4.69, 9.17) is 5.73 Å². The molecular formula is C15H19N3O2S. The summed E-state index contributed by atoms with van der Waals surface area (Å²) in [5.41, 5.74) is 7.11. The standard InChI is InChI=1S/C15H19N3O2S/c16-11-5-6-12-13(7-11)17-8-14(12)21(19,20)18-15(9-1-2-9)10-3-4-10/h5-10,15,17-18H,1-4,16H2. The summed E-state index contributed by atoms with van der Waals surface area (Å²) in [4.78, 5) is 3.32.